The summed E-state index contributed by atoms with van der Waals surface area (Å²) in [5, 5.41) is 32.6. The third-order valence-electron chi connectivity index (χ3n) is 7.00. The number of benzene rings is 1. The molecule has 20 nitrogen and oxygen atoms in total. The molecular formula is C30H42N10O10. The number of phenols is 1. The Hall–Kier alpha value is -6.05. The van der Waals surface area contributed by atoms with Crippen LogP contribution in [0.2, 0.25) is 0 Å². The van der Waals surface area contributed by atoms with Gasteiger partial charge >= 0.3 is 5.97 Å². The van der Waals surface area contributed by atoms with E-state index in [2.05, 4.69) is 41.9 Å². The minimum Gasteiger partial charge on any atom is -0.508 e. The number of aromatic amines is 1. The van der Waals surface area contributed by atoms with Crippen LogP contribution >= 0.6 is 0 Å². The van der Waals surface area contributed by atoms with Crippen molar-refractivity contribution in [2.45, 2.75) is 76.3 Å². The number of nitrogens with zero attached hydrogens (tertiary/aromatic N) is 1. The van der Waals surface area contributed by atoms with E-state index in [4.69, 9.17) is 16.6 Å². The molecule has 272 valence electrons. The molecule has 0 bridgehead atoms. The number of aromatic nitrogens is 2. The Morgan fingerprint density at radius 1 is 0.760 bits per heavy atom. The second-order valence-corrected chi connectivity index (χ2v) is 11.4. The standard InChI is InChI=1S/C30H42N10O10/c1-14(31)25(44)38-20(8-17-4-6-19(41)7-5-17)28(47)39-21(9-18-11-33-13-35-18)29(48)40-22(10-23(32)42)27(46)34-12-24(43)36-15(2)26(45)37-16(3)30(49)50/h4-7,11,13-16,20-22,41H,8-10,12,31H2,1-3H3,(H2,32,42)(H,33,35)(H,34,46)(H,36,43)(H,37,45)(H,38,44)(H,39,47)(H,40,48)(H,49,50)/t14-,15-,16-,20-,21-,22-/m0/s1. The van der Waals surface area contributed by atoms with Crippen molar-refractivity contribution >= 4 is 47.3 Å². The molecule has 0 saturated heterocycles. The summed E-state index contributed by atoms with van der Waals surface area (Å²) in [5.41, 5.74) is 11.9. The summed E-state index contributed by atoms with van der Waals surface area (Å²) < 4.78 is 0. The fourth-order valence-electron chi connectivity index (χ4n) is 4.21. The number of carboxylic acids is 1. The highest BCUT2D eigenvalue weighted by Crippen LogP contribution is 2.12. The van der Waals surface area contributed by atoms with Gasteiger partial charge in [0.1, 0.15) is 36.0 Å². The number of carboxylic acid groups (broad SMARTS) is 1. The number of aliphatic carboxylic acids is 1. The van der Waals surface area contributed by atoms with Gasteiger partial charge in [0.15, 0.2) is 0 Å². The highest BCUT2D eigenvalue weighted by atomic mass is 16.4. The number of rotatable bonds is 19. The number of hydrogen-bond donors (Lipinski definition) is 11. The summed E-state index contributed by atoms with van der Waals surface area (Å²) in [6.07, 6.45) is 1.76. The van der Waals surface area contributed by atoms with Gasteiger partial charge in [-0.2, -0.15) is 0 Å². The Kier molecular flexibility index (Phi) is 15.3. The zero-order valence-corrected chi connectivity index (χ0v) is 27.5. The van der Waals surface area contributed by atoms with Crippen molar-refractivity contribution < 1.29 is 48.6 Å². The Balaban J connectivity index is 2.19. The molecule has 1 aromatic carbocycles. The number of nitrogens with one attached hydrogen (secondary N) is 7. The molecule has 1 heterocycles. The predicted molar refractivity (Wildman–Crippen MR) is 173 cm³/mol. The molecule has 0 fully saturated rings. The van der Waals surface area contributed by atoms with Crippen LogP contribution in [0.1, 0.15) is 38.4 Å². The normalized spacial score (nSPS) is 14.3. The maximum Gasteiger partial charge on any atom is 0.325 e. The van der Waals surface area contributed by atoms with E-state index in [-0.39, 0.29) is 18.6 Å². The summed E-state index contributed by atoms with van der Waals surface area (Å²) in [5.74, 6) is -7.39. The molecule has 2 rings (SSSR count). The molecule has 7 amide bonds. The van der Waals surface area contributed by atoms with E-state index in [9.17, 15) is 43.5 Å². The summed E-state index contributed by atoms with van der Waals surface area (Å²) >= 11 is 0. The first-order valence-corrected chi connectivity index (χ1v) is 15.3. The van der Waals surface area contributed by atoms with Crippen LogP contribution in [-0.4, -0.2) is 110 Å². The van der Waals surface area contributed by atoms with Gasteiger partial charge in [-0.1, -0.05) is 12.1 Å². The van der Waals surface area contributed by atoms with E-state index >= 15 is 0 Å². The number of phenolic OH excluding ortho intramolecular Hbond substituents is 1. The molecule has 0 saturated carbocycles. The Morgan fingerprint density at radius 2 is 1.34 bits per heavy atom. The SMILES string of the molecule is C[C@H](N)C(=O)N[C@@H](Cc1ccc(O)cc1)C(=O)N[C@@H](Cc1cnc[nH]1)C(=O)N[C@@H](CC(N)=O)C(=O)NCC(=O)N[C@@H](C)C(=O)N[C@@H](C)C(=O)O. The number of imidazole rings is 1. The predicted octanol–water partition coefficient (Wildman–Crippen LogP) is -4.21. The lowest BCUT2D eigenvalue weighted by Crippen LogP contribution is -2.59. The molecule has 20 heteroatoms. The number of nitrogens with two attached hydrogens (primary N) is 2. The van der Waals surface area contributed by atoms with Crippen molar-refractivity contribution in [3.8, 4) is 5.75 Å². The van der Waals surface area contributed by atoms with Crippen molar-refractivity contribution in [1.29, 1.82) is 0 Å². The molecule has 0 aliphatic rings. The number of hydrogen-bond acceptors (Lipinski definition) is 11. The van der Waals surface area contributed by atoms with Crippen LogP contribution in [0, 0.1) is 0 Å². The van der Waals surface area contributed by atoms with Crippen LogP contribution in [0.25, 0.3) is 0 Å². The van der Waals surface area contributed by atoms with E-state index in [0.717, 1.165) is 0 Å². The van der Waals surface area contributed by atoms with Gasteiger partial charge in [-0.15, -0.1) is 0 Å². The number of amides is 7. The average Bonchev–Trinajstić information content (AvgIpc) is 3.56. The quantitative estimate of drug-likeness (QED) is 0.0664. The zero-order chi connectivity index (χ0) is 37.5. The van der Waals surface area contributed by atoms with Gasteiger partial charge in [-0.3, -0.25) is 38.4 Å². The van der Waals surface area contributed by atoms with Gasteiger partial charge in [-0.05, 0) is 38.5 Å². The van der Waals surface area contributed by atoms with E-state index in [1.165, 1.54) is 57.6 Å². The number of primary amides is 1. The molecule has 0 spiro atoms. The van der Waals surface area contributed by atoms with Crippen molar-refractivity contribution in [3.05, 3.63) is 48.0 Å². The monoisotopic (exact) mass is 702 g/mol. The van der Waals surface area contributed by atoms with Gasteiger partial charge in [0.05, 0.1) is 25.3 Å². The van der Waals surface area contributed by atoms with E-state index in [0.29, 0.717) is 11.3 Å². The van der Waals surface area contributed by atoms with Crippen LogP contribution in [0.4, 0.5) is 0 Å². The molecule has 0 aliphatic carbocycles. The fourth-order valence-corrected chi connectivity index (χ4v) is 4.21. The molecule has 0 unspecified atom stereocenters. The maximum absolute atomic E-state index is 13.6. The van der Waals surface area contributed by atoms with E-state index < -0.39 is 96.5 Å². The minimum atomic E-state index is -1.61. The van der Waals surface area contributed by atoms with E-state index in [1.54, 1.807) is 0 Å². The van der Waals surface area contributed by atoms with Crippen molar-refractivity contribution in [1.82, 2.24) is 41.9 Å². The van der Waals surface area contributed by atoms with Crippen molar-refractivity contribution in [2.24, 2.45) is 11.5 Å². The van der Waals surface area contributed by atoms with Crippen LogP contribution in [0.3, 0.4) is 0 Å². The number of carbonyl (C=O) groups excluding carboxylic acids is 7. The lowest BCUT2D eigenvalue weighted by atomic mass is 10.0. The third-order valence-corrected chi connectivity index (χ3v) is 7.00. The molecule has 13 N–H and O–H groups in total. The van der Waals surface area contributed by atoms with Crippen LogP contribution in [0.15, 0.2) is 36.8 Å². The summed E-state index contributed by atoms with van der Waals surface area (Å²) in [7, 11) is 0. The molecule has 2 aromatic rings. The smallest absolute Gasteiger partial charge is 0.325 e. The molecule has 6 atom stereocenters. The highest BCUT2D eigenvalue weighted by molar-refractivity contribution is 5.97. The average molecular weight is 703 g/mol. The Labute approximate surface area is 285 Å². The second kappa shape index (κ2) is 19.1. The number of aromatic hydroxyl groups is 1. The first-order chi connectivity index (χ1) is 23.5. The fraction of sp³-hybridized carbons (Fsp3) is 0.433. The lowest BCUT2D eigenvalue weighted by molar-refractivity contribution is -0.141. The molecule has 50 heavy (non-hydrogen) atoms. The van der Waals surface area contributed by atoms with Crippen LogP contribution in [0.5, 0.6) is 5.75 Å². The third kappa shape index (κ3) is 13.6. The number of H-pyrrole nitrogens is 1. The van der Waals surface area contributed by atoms with Gasteiger partial charge in [0.2, 0.25) is 41.4 Å². The minimum absolute atomic E-state index is 0.0227. The first kappa shape index (κ1) is 40.1. The molecule has 0 radical (unpaired) electrons. The van der Waals surface area contributed by atoms with Gasteiger partial charge in [0.25, 0.3) is 0 Å². The van der Waals surface area contributed by atoms with Crippen LogP contribution in [-0.2, 0) is 51.2 Å². The molecule has 1 aromatic heterocycles. The lowest BCUT2D eigenvalue weighted by Gasteiger charge is -2.25. The Morgan fingerprint density at radius 3 is 1.88 bits per heavy atom. The summed E-state index contributed by atoms with van der Waals surface area (Å²) in [4.78, 5) is 106. The molecule has 0 aliphatic heterocycles. The second-order valence-electron chi connectivity index (χ2n) is 11.4. The van der Waals surface area contributed by atoms with Crippen molar-refractivity contribution in [3.63, 3.8) is 0 Å². The molecular weight excluding hydrogens is 660 g/mol. The van der Waals surface area contributed by atoms with Gasteiger partial charge in [-0.25, -0.2) is 4.98 Å². The number of carbonyl (C=O) groups is 8. The zero-order valence-electron chi connectivity index (χ0n) is 27.5. The maximum atomic E-state index is 13.6. The van der Waals surface area contributed by atoms with Gasteiger partial charge in [0, 0.05) is 24.7 Å². The van der Waals surface area contributed by atoms with Gasteiger partial charge < -0.3 is 58.6 Å². The van der Waals surface area contributed by atoms with Crippen LogP contribution < -0.4 is 43.4 Å². The largest absolute Gasteiger partial charge is 0.508 e. The summed E-state index contributed by atoms with van der Waals surface area (Å²) in [6, 6.07) is -1.80. The van der Waals surface area contributed by atoms with Crippen molar-refractivity contribution in [2.75, 3.05) is 6.54 Å². The topological polar surface area (TPSA) is 330 Å². The Bertz CT molecular complexity index is 1530. The summed E-state index contributed by atoms with van der Waals surface area (Å²) in [6.45, 7) is 3.21. The first-order valence-electron chi connectivity index (χ1n) is 15.3. The highest BCUT2D eigenvalue weighted by Gasteiger charge is 2.32. The van der Waals surface area contributed by atoms with E-state index in [1.807, 2.05) is 0 Å².